The van der Waals surface area contributed by atoms with Crippen molar-refractivity contribution >= 4 is 22.6 Å². The van der Waals surface area contributed by atoms with Crippen LogP contribution in [0.4, 0.5) is 5.82 Å². The van der Waals surface area contributed by atoms with Gasteiger partial charge in [0.2, 0.25) is 0 Å². The van der Waals surface area contributed by atoms with Gasteiger partial charge in [-0.2, -0.15) is 5.10 Å². The van der Waals surface area contributed by atoms with E-state index in [2.05, 4.69) is 22.4 Å². The average molecular weight is 412 g/mol. The molecule has 6 nitrogen and oxygen atoms in total. The third kappa shape index (κ3) is 4.07. The van der Waals surface area contributed by atoms with Gasteiger partial charge in [-0.1, -0.05) is 48.5 Å². The minimum atomic E-state index is -0.176. The van der Waals surface area contributed by atoms with Crippen molar-refractivity contribution in [3.05, 3.63) is 78.5 Å². The SMILES string of the molecule is CN1CCC(n2ccc(NC(=O)c3cc(-c4ccccc4)nc4ccccc34)n2)CC1. The van der Waals surface area contributed by atoms with Crippen molar-refractivity contribution in [2.45, 2.75) is 18.9 Å². The van der Waals surface area contributed by atoms with E-state index in [0.29, 0.717) is 17.4 Å². The van der Waals surface area contributed by atoms with Crippen LogP contribution in [-0.4, -0.2) is 45.7 Å². The number of likely N-dealkylation sites (tertiary alicyclic amines) is 1. The Kier molecular flexibility index (Phi) is 5.22. The normalized spacial score (nSPS) is 15.3. The fourth-order valence-corrected chi connectivity index (χ4v) is 4.17. The van der Waals surface area contributed by atoms with E-state index in [4.69, 9.17) is 4.98 Å². The summed E-state index contributed by atoms with van der Waals surface area (Å²) in [6, 6.07) is 21.8. The second-order valence-corrected chi connectivity index (χ2v) is 8.11. The lowest BCUT2D eigenvalue weighted by Crippen LogP contribution is -2.31. The molecule has 0 saturated carbocycles. The van der Waals surface area contributed by atoms with Crippen molar-refractivity contribution in [2.75, 3.05) is 25.5 Å². The molecule has 0 aliphatic carbocycles. The number of pyridine rings is 1. The number of para-hydroxylation sites is 1. The lowest BCUT2D eigenvalue weighted by Gasteiger charge is -2.28. The van der Waals surface area contributed by atoms with Gasteiger partial charge in [0.05, 0.1) is 22.8 Å². The number of aromatic nitrogens is 3. The van der Waals surface area contributed by atoms with Gasteiger partial charge in [0.25, 0.3) is 5.91 Å². The van der Waals surface area contributed by atoms with E-state index in [1.165, 1.54) is 0 Å². The highest BCUT2D eigenvalue weighted by molar-refractivity contribution is 6.12. The molecular formula is C25H25N5O. The summed E-state index contributed by atoms with van der Waals surface area (Å²) in [6.45, 7) is 2.13. The molecule has 0 bridgehead atoms. The molecule has 1 fully saturated rings. The summed E-state index contributed by atoms with van der Waals surface area (Å²) in [5.74, 6) is 0.399. The summed E-state index contributed by atoms with van der Waals surface area (Å²) in [5.41, 5.74) is 3.15. The van der Waals surface area contributed by atoms with Gasteiger partial charge in [-0.05, 0) is 45.1 Å². The molecule has 1 N–H and O–H groups in total. The van der Waals surface area contributed by atoms with Crippen molar-refractivity contribution < 1.29 is 4.79 Å². The molecule has 0 radical (unpaired) electrons. The highest BCUT2D eigenvalue weighted by Gasteiger charge is 2.20. The molecule has 0 atom stereocenters. The number of rotatable bonds is 4. The van der Waals surface area contributed by atoms with E-state index in [9.17, 15) is 4.79 Å². The molecule has 0 unspecified atom stereocenters. The third-order valence-electron chi connectivity index (χ3n) is 5.94. The van der Waals surface area contributed by atoms with Crippen LogP contribution in [0.3, 0.4) is 0 Å². The van der Waals surface area contributed by atoms with Crippen molar-refractivity contribution in [1.82, 2.24) is 19.7 Å². The number of fused-ring (bicyclic) bond motifs is 1. The molecule has 2 aromatic carbocycles. The van der Waals surface area contributed by atoms with Gasteiger partial charge in [-0.3, -0.25) is 9.48 Å². The number of carbonyl (C=O) groups is 1. The van der Waals surface area contributed by atoms with Gasteiger partial charge in [-0.15, -0.1) is 0 Å². The summed E-state index contributed by atoms with van der Waals surface area (Å²) in [5, 5.41) is 8.45. The topological polar surface area (TPSA) is 63.0 Å². The summed E-state index contributed by atoms with van der Waals surface area (Å²) in [7, 11) is 2.15. The zero-order valence-corrected chi connectivity index (χ0v) is 17.5. The van der Waals surface area contributed by atoms with Crippen LogP contribution in [0.1, 0.15) is 29.2 Å². The van der Waals surface area contributed by atoms with Crippen LogP contribution < -0.4 is 5.32 Å². The zero-order chi connectivity index (χ0) is 21.2. The predicted octanol–water partition coefficient (Wildman–Crippen LogP) is 4.62. The minimum Gasteiger partial charge on any atom is -0.306 e. The molecule has 1 saturated heterocycles. The number of carbonyl (C=O) groups excluding carboxylic acids is 1. The van der Waals surface area contributed by atoms with Gasteiger partial charge in [0.1, 0.15) is 0 Å². The predicted molar refractivity (Wildman–Crippen MR) is 123 cm³/mol. The number of nitrogens with one attached hydrogen (secondary N) is 1. The second kappa shape index (κ2) is 8.32. The Balaban J connectivity index is 1.43. The van der Waals surface area contributed by atoms with Crippen LogP contribution in [0, 0.1) is 0 Å². The van der Waals surface area contributed by atoms with Gasteiger partial charge in [0.15, 0.2) is 5.82 Å². The number of hydrogen-bond acceptors (Lipinski definition) is 4. The number of anilines is 1. The number of nitrogens with zero attached hydrogens (tertiary/aromatic N) is 4. The number of amides is 1. The van der Waals surface area contributed by atoms with Crippen molar-refractivity contribution in [2.24, 2.45) is 0 Å². The van der Waals surface area contributed by atoms with Crippen LogP contribution in [0.25, 0.3) is 22.2 Å². The maximum atomic E-state index is 13.2. The first kappa shape index (κ1) is 19.5. The first-order valence-corrected chi connectivity index (χ1v) is 10.7. The van der Waals surface area contributed by atoms with Gasteiger partial charge < -0.3 is 10.2 Å². The highest BCUT2D eigenvalue weighted by atomic mass is 16.1. The molecule has 4 aromatic rings. The van der Waals surface area contributed by atoms with Crippen LogP contribution in [0.2, 0.25) is 0 Å². The minimum absolute atomic E-state index is 0.176. The number of piperidine rings is 1. The molecule has 2 aromatic heterocycles. The molecule has 0 spiro atoms. The quantitative estimate of drug-likeness (QED) is 0.532. The lowest BCUT2D eigenvalue weighted by atomic mass is 10.0. The standard InChI is InChI=1S/C25H25N5O/c1-29-14-11-19(12-15-29)30-16-13-24(28-30)27-25(31)21-17-23(18-7-3-2-4-8-18)26-22-10-6-5-9-20(21)22/h2-10,13,16-17,19H,11-12,14-15H2,1H3,(H,27,28,31). The van der Waals surface area contributed by atoms with Gasteiger partial charge >= 0.3 is 0 Å². The number of benzene rings is 2. The Bertz CT molecular complexity index is 1210. The van der Waals surface area contributed by atoms with Crippen LogP contribution in [-0.2, 0) is 0 Å². The Morgan fingerprint density at radius 3 is 2.55 bits per heavy atom. The second-order valence-electron chi connectivity index (χ2n) is 8.11. The monoisotopic (exact) mass is 411 g/mol. The van der Waals surface area contributed by atoms with E-state index in [1.54, 1.807) is 0 Å². The van der Waals surface area contributed by atoms with Crippen molar-refractivity contribution in [3.8, 4) is 11.3 Å². The maximum absolute atomic E-state index is 13.2. The molecule has 3 heterocycles. The Morgan fingerprint density at radius 2 is 1.74 bits per heavy atom. The van der Waals surface area contributed by atoms with E-state index in [0.717, 1.165) is 48.1 Å². The summed E-state index contributed by atoms with van der Waals surface area (Å²) in [6.07, 6.45) is 4.10. The summed E-state index contributed by atoms with van der Waals surface area (Å²) in [4.78, 5) is 20.3. The van der Waals surface area contributed by atoms with Crippen LogP contribution in [0.5, 0.6) is 0 Å². The molecular weight excluding hydrogens is 386 g/mol. The third-order valence-corrected chi connectivity index (χ3v) is 5.94. The Morgan fingerprint density at radius 1 is 1.00 bits per heavy atom. The Labute approximate surface area is 181 Å². The van der Waals surface area contributed by atoms with Gasteiger partial charge in [-0.25, -0.2) is 4.98 Å². The van der Waals surface area contributed by atoms with Crippen LogP contribution >= 0.6 is 0 Å². The van der Waals surface area contributed by atoms with E-state index < -0.39 is 0 Å². The van der Waals surface area contributed by atoms with Gasteiger partial charge in [0, 0.05) is 23.2 Å². The largest absolute Gasteiger partial charge is 0.306 e. The van der Waals surface area contributed by atoms with Crippen molar-refractivity contribution in [1.29, 1.82) is 0 Å². The average Bonchev–Trinajstić information content (AvgIpc) is 3.27. The highest BCUT2D eigenvalue weighted by Crippen LogP contribution is 2.26. The lowest BCUT2D eigenvalue weighted by molar-refractivity contribution is 0.102. The summed E-state index contributed by atoms with van der Waals surface area (Å²) >= 11 is 0. The molecule has 1 amide bonds. The van der Waals surface area contributed by atoms with E-state index in [1.807, 2.05) is 77.6 Å². The summed E-state index contributed by atoms with van der Waals surface area (Å²) < 4.78 is 1.99. The molecule has 31 heavy (non-hydrogen) atoms. The smallest absolute Gasteiger partial charge is 0.257 e. The molecule has 1 aliphatic rings. The Hall–Kier alpha value is -3.51. The van der Waals surface area contributed by atoms with E-state index >= 15 is 0 Å². The fourth-order valence-electron chi connectivity index (χ4n) is 4.17. The zero-order valence-electron chi connectivity index (χ0n) is 17.5. The van der Waals surface area contributed by atoms with Crippen LogP contribution in [0.15, 0.2) is 72.9 Å². The van der Waals surface area contributed by atoms with Crippen molar-refractivity contribution in [3.63, 3.8) is 0 Å². The molecule has 1 aliphatic heterocycles. The van der Waals surface area contributed by atoms with E-state index in [-0.39, 0.29) is 5.91 Å². The molecule has 156 valence electrons. The molecule has 5 rings (SSSR count). The maximum Gasteiger partial charge on any atom is 0.257 e. The number of hydrogen-bond donors (Lipinski definition) is 1. The fraction of sp³-hybridized carbons (Fsp3) is 0.240. The first-order valence-electron chi connectivity index (χ1n) is 10.7. The first-order chi connectivity index (χ1) is 15.2. The molecule has 6 heteroatoms.